The van der Waals surface area contributed by atoms with Crippen molar-refractivity contribution < 1.29 is 14.6 Å². The fraction of sp³-hybridized carbons (Fsp3) is 0.632. The van der Waals surface area contributed by atoms with E-state index in [-0.39, 0.29) is 17.9 Å². The molecule has 3 rings (SSSR count). The van der Waals surface area contributed by atoms with Gasteiger partial charge >= 0.3 is 0 Å². The second-order valence-corrected chi connectivity index (χ2v) is 6.70. The Hall–Kier alpha value is -1.39. The molecule has 0 bridgehead atoms. The highest BCUT2D eigenvalue weighted by Crippen LogP contribution is 2.32. The zero-order chi connectivity index (χ0) is 16.1. The second-order valence-electron chi connectivity index (χ2n) is 6.70. The average Bonchev–Trinajstić information content (AvgIpc) is 3.00. The SMILES string of the molecule is O=C(NCCCOC1CCCc2ccccc21)C1CCCC1O. The lowest BCUT2D eigenvalue weighted by Crippen LogP contribution is -2.35. The van der Waals surface area contributed by atoms with Gasteiger partial charge in [-0.05, 0) is 56.1 Å². The van der Waals surface area contributed by atoms with Crippen LogP contribution >= 0.6 is 0 Å². The van der Waals surface area contributed by atoms with Crippen LogP contribution in [0.4, 0.5) is 0 Å². The molecule has 126 valence electrons. The summed E-state index contributed by atoms with van der Waals surface area (Å²) in [5.41, 5.74) is 2.74. The third-order valence-electron chi connectivity index (χ3n) is 5.07. The fourth-order valence-corrected chi connectivity index (χ4v) is 3.77. The van der Waals surface area contributed by atoms with Crippen molar-refractivity contribution in [3.8, 4) is 0 Å². The molecular weight excluding hydrogens is 290 g/mol. The first kappa shape index (κ1) is 16.5. The number of carbonyl (C=O) groups is 1. The molecule has 0 aromatic heterocycles. The number of fused-ring (bicyclic) bond motifs is 1. The van der Waals surface area contributed by atoms with Crippen molar-refractivity contribution in [3.05, 3.63) is 35.4 Å². The summed E-state index contributed by atoms with van der Waals surface area (Å²) in [5, 5.41) is 12.7. The normalized spacial score (nSPS) is 26.7. The molecule has 23 heavy (non-hydrogen) atoms. The summed E-state index contributed by atoms with van der Waals surface area (Å²) in [4.78, 5) is 12.0. The van der Waals surface area contributed by atoms with Crippen LogP contribution in [0.2, 0.25) is 0 Å². The summed E-state index contributed by atoms with van der Waals surface area (Å²) in [6.07, 6.45) is 6.48. The van der Waals surface area contributed by atoms with Gasteiger partial charge in [-0.15, -0.1) is 0 Å². The van der Waals surface area contributed by atoms with Crippen LogP contribution in [-0.4, -0.2) is 30.3 Å². The summed E-state index contributed by atoms with van der Waals surface area (Å²) in [6.45, 7) is 1.28. The van der Waals surface area contributed by atoms with Gasteiger partial charge in [-0.2, -0.15) is 0 Å². The first-order valence-electron chi connectivity index (χ1n) is 8.91. The summed E-state index contributed by atoms with van der Waals surface area (Å²) >= 11 is 0. The summed E-state index contributed by atoms with van der Waals surface area (Å²) in [5.74, 6) is -0.209. The molecule has 0 radical (unpaired) electrons. The Morgan fingerprint density at radius 1 is 1.22 bits per heavy atom. The Morgan fingerprint density at radius 3 is 2.91 bits per heavy atom. The lowest BCUT2D eigenvalue weighted by atomic mass is 9.89. The largest absolute Gasteiger partial charge is 0.392 e. The van der Waals surface area contributed by atoms with Gasteiger partial charge < -0.3 is 15.2 Å². The van der Waals surface area contributed by atoms with Crippen LogP contribution < -0.4 is 5.32 Å². The van der Waals surface area contributed by atoms with Crippen molar-refractivity contribution in [2.75, 3.05) is 13.2 Å². The Kier molecular flexibility index (Phi) is 5.68. The van der Waals surface area contributed by atoms with Gasteiger partial charge in [-0.1, -0.05) is 24.3 Å². The molecule has 1 saturated carbocycles. The zero-order valence-corrected chi connectivity index (χ0v) is 13.7. The monoisotopic (exact) mass is 317 g/mol. The van der Waals surface area contributed by atoms with Crippen molar-refractivity contribution in [3.63, 3.8) is 0 Å². The third kappa shape index (κ3) is 4.12. The van der Waals surface area contributed by atoms with E-state index in [1.165, 1.54) is 17.5 Å². The van der Waals surface area contributed by atoms with Crippen molar-refractivity contribution in [1.29, 1.82) is 0 Å². The first-order valence-corrected chi connectivity index (χ1v) is 8.91. The molecule has 3 atom stereocenters. The number of aliphatic hydroxyl groups is 1. The van der Waals surface area contributed by atoms with E-state index in [9.17, 15) is 9.90 Å². The number of nitrogens with one attached hydrogen (secondary N) is 1. The van der Waals surface area contributed by atoms with E-state index in [1.807, 2.05) is 0 Å². The van der Waals surface area contributed by atoms with E-state index in [0.29, 0.717) is 13.2 Å². The quantitative estimate of drug-likeness (QED) is 0.793. The smallest absolute Gasteiger partial charge is 0.225 e. The minimum absolute atomic E-state index is 0.00184. The van der Waals surface area contributed by atoms with E-state index < -0.39 is 6.10 Å². The van der Waals surface area contributed by atoms with E-state index in [1.54, 1.807) is 0 Å². The van der Waals surface area contributed by atoms with Gasteiger partial charge in [0.2, 0.25) is 5.91 Å². The molecule has 0 spiro atoms. The predicted molar refractivity (Wildman–Crippen MR) is 89.0 cm³/mol. The minimum atomic E-state index is -0.454. The van der Waals surface area contributed by atoms with E-state index in [2.05, 4.69) is 29.6 Å². The molecular formula is C19H27NO3. The number of hydrogen-bond acceptors (Lipinski definition) is 3. The van der Waals surface area contributed by atoms with E-state index in [4.69, 9.17) is 4.74 Å². The number of hydrogen-bond donors (Lipinski definition) is 2. The number of benzene rings is 1. The Bertz CT molecular complexity index is 531. The molecule has 2 N–H and O–H groups in total. The molecule has 0 heterocycles. The summed E-state index contributed by atoms with van der Waals surface area (Å²) in [7, 11) is 0. The van der Waals surface area contributed by atoms with Gasteiger partial charge in [-0.3, -0.25) is 4.79 Å². The maximum Gasteiger partial charge on any atom is 0.225 e. The summed E-state index contributed by atoms with van der Waals surface area (Å²) < 4.78 is 6.04. The van der Waals surface area contributed by atoms with Crippen LogP contribution in [0.15, 0.2) is 24.3 Å². The number of amides is 1. The van der Waals surface area contributed by atoms with Gasteiger partial charge in [0.1, 0.15) is 0 Å². The number of rotatable bonds is 6. The second kappa shape index (κ2) is 7.93. The third-order valence-corrected chi connectivity index (χ3v) is 5.07. The number of aliphatic hydroxyl groups excluding tert-OH is 1. The minimum Gasteiger partial charge on any atom is -0.392 e. The predicted octanol–water partition coefficient (Wildman–Crippen LogP) is 2.75. The molecule has 1 aromatic rings. The van der Waals surface area contributed by atoms with Crippen molar-refractivity contribution in [2.24, 2.45) is 5.92 Å². The highest BCUT2D eigenvalue weighted by Gasteiger charge is 2.31. The van der Waals surface area contributed by atoms with Gasteiger partial charge in [0.25, 0.3) is 0 Å². The molecule has 2 aliphatic carbocycles. The highest BCUT2D eigenvalue weighted by atomic mass is 16.5. The van der Waals surface area contributed by atoms with Crippen LogP contribution in [0, 0.1) is 5.92 Å². The maximum atomic E-state index is 12.0. The molecule has 1 amide bonds. The highest BCUT2D eigenvalue weighted by molar-refractivity contribution is 5.79. The van der Waals surface area contributed by atoms with Gasteiger partial charge in [-0.25, -0.2) is 0 Å². The van der Waals surface area contributed by atoms with Gasteiger partial charge in [0.05, 0.1) is 18.1 Å². The van der Waals surface area contributed by atoms with E-state index in [0.717, 1.165) is 38.5 Å². The van der Waals surface area contributed by atoms with Gasteiger partial charge in [0, 0.05) is 13.2 Å². The van der Waals surface area contributed by atoms with Crippen molar-refractivity contribution in [2.45, 2.75) is 57.2 Å². The van der Waals surface area contributed by atoms with E-state index >= 15 is 0 Å². The van der Waals surface area contributed by atoms with Gasteiger partial charge in [0.15, 0.2) is 0 Å². The summed E-state index contributed by atoms with van der Waals surface area (Å²) in [6, 6.07) is 8.53. The molecule has 4 heteroatoms. The van der Waals surface area contributed by atoms with Crippen molar-refractivity contribution >= 4 is 5.91 Å². The maximum absolute atomic E-state index is 12.0. The van der Waals surface area contributed by atoms with Crippen LogP contribution in [0.5, 0.6) is 0 Å². The molecule has 0 aliphatic heterocycles. The standard InChI is InChI=1S/C19H27NO3/c21-17-10-4-9-16(17)19(22)20-12-5-13-23-18-11-3-7-14-6-1-2-8-15(14)18/h1-2,6,8,16-18,21H,3-5,7,9-13H2,(H,20,22). The van der Waals surface area contributed by atoms with Crippen LogP contribution in [-0.2, 0) is 16.0 Å². The number of ether oxygens (including phenoxy) is 1. The number of carbonyl (C=O) groups excluding carboxylic acids is 1. The number of aryl methyl sites for hydroxylation is 1. The van der Waals surface area contributed by atoms with Crippen LogP contribution in [0.1, 0.15) is 55.8 Å². The fourth-order valence-electron chi connectivity index (χ4n) is 3.77. The zero-order valence-electron chi connectivity index (χ0n) is 13.7. The lowest BCUT2D eigenvalue weighted by molar-refractivity contribution is -0.127. The Morgan fingerprint density at radius 2 is 2.09 bits per heavy atom. The Labute approximate surface area is 138 Å². The van der Waals surface area contributed by atoms with Crippen LogP contribution in [0.25, 0.3) is 0 Å². The molecule has 4 nitrogen and oxygen atoms in total. The molecule has 0 saturated heterocycles. The topological polar surface area (TPSA) is 58.6 Å². The lowest BCUT2D eigenvalue weighted by Gasteiger charge is -2.25. The van der Waals surface area contributed by atoms with Crippen LogP contribution in [0.3, 0.4) is 0 Å². The van der Waals surface area contributed by atoms with Crippen molar-refractivity contribution in [1.82, 2.24) is 5.32 Å². The Balaban J connectivity index is 1.37. The average molecular weight is 317 g/mol. The molecule has 1 fully saturated rings. The first-order chi connectivity index (χ1) is 11.3. The molecule has 1 aromatic carbocycles. The molecule has 2 aliphatic rings. The molecule has 3 unspecified atom stereocenters.